The summed E-state index contributed by atoms with van der Waals surface area (Å²) in [6, 6.07) is 5.33. The van der Waals surface area contributed by atoms with Crippen LogP contribution in [0.25, 0.3) is 11.0 Å². The predicted molar refractivity (Wildman–Crippen MR) is 47.0 cm³/mol. The zero-order chi connectivity index (χ0) is 9.10. The molecule has 3 N–H and O–H groups in total. The van der Waals surface area contributed by atoms with Gasteiger partial charge in [0.2, 0.25) is 0 Å². The average Bonchev–Trinajstić information content (AvgIpc) is 2.61. The minimum absolute atomic E-state index is 0.697. The van der Waals surface area contributed by atoms with Crippen LogP contribution in [0.5, 0.6) is 0 Å². The first kappa shape index (κ1) is 7.69. The Balaban J connectivity index is 2.42. The summed E-state index contributed by atoms with van der Waals surface area (Å²) in [7, 11) is 0. The Labute approximate surface area is 73.3 Å². The van der Waals surface area contributed by atoms with E-state index < -0.39 is 0 Å². The van der Waals surface area contributed by atoms with Crippen molar-refractivity contribution in [3.8, 4) is 0 Å². The van der Waals surface area contributed by atoms with Gasteiger partial charge in [0.05, 0.1) is 5.69 Å². The van der Waals surface area contributed by atoms with Gasteiger partial charge in [0.25, 0.3) is 0 Å². The summed E-state index contributed by atoms with van der Waals surface area (Å²) >= 11 is 0. The van der Waals surface area contributed by atoms with Gasteiger partial charge in [0.1, 0.15) is 17.4 Å². The highest BCUT2D eigenvalue weighted by atomic mass is 16.5. The van der Waals surface area contributed by atoms with E-state index in [9.17, 15) is 0 Å². The maximum atomic E-state index is 8.27. The number of hydrogen-bond donors (Lipinski definition) is 3. The molecule has 0 atom stereocenters. The highest BCUT2D eigenvalue weighted by Gasteiger charge is 1.97. The molecule has 0 saturated heterocycles. The molecule has 0 unspecified atom stereocenters. The van der Waals surface area contributed by atoms with E-state index in [1.54, 1.807) is 18.2 Å². The molecule has 1 aromatic heterocycles. The van der Waals surface area contributed by atoms with Crippen LogP contribution < -0.4 is 5.48 Å². The first-order chi connectivity index (χ1) is 6.40. The summed E-state index contributed by atoms with van der Waals surface area (Å²) in [6.45, 7) is 0. The predicted octanol–water partition coefficient (Wildman–Crippen LogP) is 0.596. The smallest absolute Gasteiger partial charge is 0.115 e. The van der Waals surface area contributed by atoms with Crippen molar-refractivity contribution in [2.45, 2.75) is 0 Å². The van der Waals surface area contributed by atoms with E-state index in [0.717, 1.165) is 11.0 Å². The van der Waals surface area contributed by atoms with Crippen LogP contribution in [0.15, 0.2) is 23.2 Å². The summed E-state index contributed by atoms with van der Waals surface area (Å²) in [5.74, 6) is 0. The summed E-state index contributed by atoms with van der Waals surface area (Å²) in [4.78, 5) is 3.89. The van der Waals surface area contributed by atoms with Gasteiger partial charge in [-0.05, 0) is 18.2 Å². The quantitative estimate of drug-likeness (QED) is 0.356. The third kappa shape index (κ3) is 1.47. The van der Waals surface area contributed by atoms with Crippen molar-refractivity contribution in [1.82, 2.24) is 20.9 Å². The van der Waals surface area contributed by atoms with Gasteiger partial charge in [-0.15, -0.1) is 0 Å². The topological polar surface area (TPSA) is 86.2 Å². The van der Waals surface area contributed by atoms with Crippen molar-refractivity contribution >= 4 is 23.1 Å². The average molecular weight is 177 g/mol. The normalized spacial score (nSPS) is 11.2. The lowest BCUT2D eigenvalue weighted by molar-refractivity contribution is 0.240. The molecule has 1 aromatic carbocycles. The lowest BCUT2D eigenvalue weighted by Crippen LogP contribution is -2.00. The second-order valence-electron chi connectivity index (χ2n) is 2.38. The van der Waals surface area contributed by atoms with Crippen LogP contribution in [0.3, 0.4) is 0 Å². The number of hydroxylamine groups is 1. The number of H-pyrrole nitrogens is 1. The van der Waals surface area contributed by atoms with Gasteiger partial charge in [-0.3, -0.25) is 10.7 Å². The number of nitrogens with zero attached hydrogens (tertiary/aromatic N) is 3. The third-order valence-corrected chi connectivity index (χ3v) is 1.57. The van der Waals surface area contributed by atoms with Gasteiger partial charge in [0, 0.05) is 0 Å². The van der Waals surface area contributed by atoms with E-state index in [1.165, 1.54) is 6.34 Å². The van der Waals surface area contributed by atoms with Gasteiger partial charge >= 0.3 is 0 Å². The second-order valence-corrected chi connectivity index (χ2v) is 2.38. The minimum atomic E-state index is 0.697. The van der Waals surface area contributed by atoms with Gasteiger partial charge in [0.15, 0.2) is 0 Å². The van der Waals surface area contributed by atoms with Gasteiger partial charge in [-0.25, -0.2) is 4.99 Å². The van der Waals surface area contributed by atoms with E-state index in [0.29, 0.717) is 5.69 Å². The summed E-state index contributed by atoms with van der Waals surface area (Å²) < 4.78 is 0. The number of aromatic nitrogens is 3. The Hall–Kier alpha value is -1.95. The van der Waals surface area contributed by atoms with Gasteiger partial charge < -0.3 is 0 Å². The zero-order valence-corrected chi connectivity index (χ0v) is 6.60. The Morgan fingerprint density at radius 1 is 1.38 bits per heavy atom. The molecule has 1 heterocycles. The highest BCUT2D eigenvalue weighted by molar-refractivity contribution is 5.78. The molecule has 0 amide bonds. The Morgan fingerprint density at radius 2 is 2.23 bits per heavy atom. The Bertz CT molecular complexity index is 435. The number of benzene rings is 1. The molecule has 0 spiro atoms. The first-order valence-electron chi connectivity index (χ1n) is 3.63. The summed E-state index contributed by atoms with van der Waals surface area (Å²) in [5, 5.41) is 18.6. The molecule has 66 valence electrons. The fourth-order valence-corrected chi connectivity index (χ4v) is 1.01. The van der Waals surface area contributed by atoms with Crippen LogP contribution in [-0.2, 0) is 0 Å². The zero-order valence-electron chi connectivity index (χ0n) is 6.60. The van der Waals surface area contributed by atoms with Crippen LogP contribution >= 0.6 is 0 Å². The molecule has 2 aromatic rings. The van der Waals surface area contributed by atoms with Crippen molar-refractivity contribution < 1.29 is 5.21 Å². The molecule has 6 heteroatoms. The largest absolute Gasteiger partial charge is 0.290 e. The van der Waals surface area contributed by atoms with E-state index in [1.807, 2.05) is 5.48 Å². The lowest BCUT2D eigenvalue weighted by Gasteiger charge is -1.91. The molecular formula is C7H7N5O. The van der Waals surface area contributed by atoms with Crippen molar-refractivity contribution in [1.29, 1.82) is 0 Å². The molecule has 6 nitrogen and oxygen atoms in total. The number of aromatic amines is 1. The maximum absolute atomic E-state index is 8.27. The summed E-state index contributed by atoms with van der Waals surface area (Å²) in [5.41, 5.74) is 4.05. The molecule has 13 heavy (non-hydrogen) atoms. The third-order valence-electron chi connectivity index (χ3n) is 1.57. The molecule has 0 radical (unpaired) electrons. The highest BCUT2D eigenvalue weighted by Crippen LogP contribution is 2.16. The molecular weight excluding hydrogens is 170 g/mol. The van der Waals surface area contributed by atoms with Crippen LogP contribution in [0.4, 0.5) is 5.69 Å². The molecule has 0 saturated carbocycles. The van der Waals surface area contributed by atoms with Crippen molar-refractivity contribution in [3.05, 3.63) is 18.2 Å². The molecule has 0 bridgehead atoms. The van der Waals surface area contributed by atoms with Crippen LogP contribution in [-0.4, -0.2) is 27.0 Å². The molecule has 0 aliphatic carbocycles. The SMILES string of the molecule is ONC=Nc1ccc2n[nH]nc2c1. The van der Waals surface area contributed by atoms with E-state index >= 15 is 0 Å². The van der Waals surface area contributed by atoms with Crippen LogP contribution in [0.1, 0.15) is 0 Å². The van der Waals surface area contributed by atoms with Crippen LogP contribution in [0, 0.1) is 0 Å². The van der Waals surface area contributed by atoms with Crippen molar-refractivity contribution in [2.75, 3.05) is 0 Å². The number of rotatable bonds is 2. The Morgan fingerprint density at radius 3 is 3.08 bits per heavy atom. The number of hydrogen-bond acceptors (Lipinski definition) is 4. The molecule has 0 aliphatic rings. The van der Waals surface area contributed by atoms with E-state index in [4.69, 9.17) is 5.21 Å². The number of fused-ring (bicyclic) bond motifs is 1. The standard InChI is InChI=1S/C7H7N5O/c13-9-4-8-5-1-2-6-7(3-5)11-12-10-6/h1-4,13H,(H,8,9)(H,10,11,12). The van der Waals surface area contributed by atoms with Gasteiger partial charge in [-0.2, -0.15) is 15.4 Å². The number of nitrogens with one attached hydrogen (secondary N) is 2. The van der Waals surface area contributed by atoms with Crippen molar-refractivity contribution in [3.63, 3.8) is 0 Å². The van der Waals surface area contributed by atoms with Crippen molar-refractivity contribution in [2.24, 2.45) is 4.99 Å². The van der Waals surface area contributed by atoms with E-state index in [-0.39, 0.29) is 0 Å². The monoisotopic (exact) mass is 177 g/mol. The molecule has 0 aliphatic heterocycles. The number of aliphatic imine (C=N–C) groups is 1. The maximum Gasteiger partial charge on any atom is 0.115 e. The lowest BCUT2D eigenvalue weighted by atomic mass is 10.3. The summed E-state index contributed by atoms with van der Waals surface area (Å²) in [6.07, 6.45) is 1.18. The fourth-order valence-electron chi connectivity index (χ4n) is 1.01. The minimum Gasteiger partial charge on any atom is -0.290 e. The molecule has 0 fully saturated rings. The Kier molecular flexibility index (Phi) is 1.89. The first-order valence-corrected chi connectivity index (χ1v) is 3.63. The van der Waals surface area contributed by atoms with Crippen LogP contribution in [0.2, 0.25) is 0 Å². The molecule has 2 rings (SSSR count). The van der Waals surface area contributed by atoms with Gasteiger partial charge in [-0.1, -0.05) is 0 Å². The fraction of sp³-hybridized carbons (Fsp3) is 0. The van der Waals surface area contributed by atoms with E-state index in [2.05, 4.69) is 20.4 Å². The second kappa shape index (κ2) is 3.20.